The number of hydrogen-bond donors (Lipinski definition) is 0. The van der Waals surface area contributed by atoms with Gasteiger partial charge in [-0.05, 0) is 23.8 Å². The van der Waals surface area contributed by atoms with Crippen molar-refractivity contribution in [3.05, 3.63) is 64.7 Å². The molecular formula is C15H10ClF3O2. The molecule has 0 atom stereocenters. The summed E-state index contributed by atoms with van der Waals surface area (Å²) in [6.07, 6.45) is -4.76. The number of benzene rings is 2. The lowest BCUT2D eigenvalue weighted by Gasteiger charge is -2.11. The molecule has 2 aromatic rings. The molecule has 0 heterocycles. The molecule has 2 rings (SSSR count). The molecule has 0 aliphatic rings. The lowest BCUT2D eigenvalue weighted by atomic mass is 10.0. The summed E-state index contributed by atoms with van der Waals surface area (Å²) in [5, 5.41) is 0.0884. The van der Waals surface area contributed by atoms with Gasteiger partial charge in [-0.15, -0.1) is 13.2 Å². The van der Waals surface area contributed by atoms with Gasteiger partial charge in [-0.2, -0.15) is 0 Å². The van der Waals surface area contributed by atoms with Crippen LogP contribution in [0.1, 0.15) is 15.9 Å². The quantitative estimate of drug-likeness (QED) is 0.767. The van der Waals surface area contributed by atoms with E-state index >= 15 is 0 Å². The summed E-state index contributed by atoms with van der Waals surface area (Å²) in [6, 6.07) is 12.1. The molecule has 0 spiro atoms. The molecule has 0 radical (unpaired) electrons. The van der Waals surface area contributed by atoms with E-state index in [0.29, 0.717) is 0 Å². The summed E-state index contributed by atoms with van der Waals surface area (Å²) >= 11 is 5.87. The van der Waals surface area contributed by atoms with Crippen LogP contribution in [0.25, 0.3) is 0 Å². The van der Waals surface area contributed by atoms with E-state index in [1.165, 1.54) is 6.07 Å². The minimum atomic E-state index is -4.81. The first-order chi connectivity index (χ1) is 9.85. The number of Topliss-reactive ketones (excluding diaryl/α,β-unsaturated/α-hetero) is 1. The third-order valence-electron chi connectivity index (χ3n) is 2.68. The second-order valence-electron chi connectivity index (χ2n) is 4.28. The van der Waals surface area contributed by atoms with Crippen LogP contribution in [-0.4, -0.2) is 12.1 Å². The standard InChI is InChI=1S/C15H10ClF3O2/c16-13-7-6-11(21-15(17,18)19)9-12(13)14(20)8-10-4-2-1-3-5-10/h1-7,9H,8H2. The third kappa shape index (κ3) is 4.49. The molecule has 0 aliphatic carbocycles. The lowest BCUT2D eigenvalue weighted by molar-refractivity contribution is -0.274. The van der Waals surface area contributed by atoms with Crippen LogP contribution in [0.4, 0.5) is 13.2 Å². The average molecular weight is 315 g/mol. The zero-order chi connectivity index (χ0) is 15.5. The maximum absolute atomic E-state index is 12.2. The van der Waals surface area contributed by atoms with Gasteiger partial charge in [0.25, 0.3) is 0 Å². The summed E-state index contributed by atoms with van der Waals surface area (Å²) in [5.41, 5.74) is 0.753. The largest absolute Gasteiger partial charge is 0.573 e. The highest BCUT2D eigenvalue weighted by Crippen LogP contribution is 2.28. The Bertz CT molecular complexity index is 639. The van der Waals surface area contributed by atoms with Crippen molar-refractivity contribution in [3.8, 4) is 5.75 Å². The summed E-state index contributed by atoms with van der Waals surface area (Å²) in [4.78, 5) is 12.1. The maximum Gasteiger partial charge on any atom is 0.573 e. The Labute approximate surface area is 124 Å². The van der Waals surface area contributed by atoms with Gasteiger partial charge in [-0.25, -0.2) is 0 Å². The number of halogens is 4. The molecule has 0 amide bonds. The van der Waals surface area contributed by atoms with Crippen molar-refractivity contribution in [1.29, 1.82) is 0 Å². The topological polar surface area (TPSA) is 26.3 Å². The maximum atomic E-state index is 12.2. The minimum Gasteiger partial charge on any atom is -0.406 e. The van der Waals surface area contributed by atoms with Crippen LogP contribution in [0, 0.1) is 0 Å². The number of ether oxygens (including phenoxy) is 1. The first-order valence-electron chi connectivity index (χ1n) is 5.97. The van der Waals surface area contributed by atoms with Crippen LogP contribution in [0.3, 0.4) is 0 Å². The number of ketones is 1. The Morgan fingerprint density at radius 2 is 1.76 bits per heavy atom. The second-order valence-corrected chi connectivity index (χ2v) is 4.68. The Morgan fingerprint density at radius 1 is 1.10 bits per heavy atom. The molecule has 0 saturated carbocycles. The predicted octanol–water partition coefficient (Wildman–Crippen LogP) is 4.66. The van der Waals surface area contributed by atoms with Gasteiger partial charge >= 0.3 is 6.36 Å². The van der Waals surface area contributed by atoms with E-state index in [2.05, 4.69) is 4.74 Å². The van der Waals surface area contributed by atoms with Crippen LogP contribution < -0.4 is 4.74 Å². The van der Waals surface area contributed by atoms with Crippen molar-refractivity contribution in [2.75, 3.05) is 0 Å². The van der Waals surface area contributed by atoms with E-state index in [1.54, 1.807) is 30.3 Å². The fraction of sp³-hybridized carbons (Fsp3) is 0.133. The average Bonchev–Trinajstić information content (AvgIpc) is 2.40. The fourth-order valence-corrected chi connectivity index (χ4v) is 2.01. The zero-order valence-corrected chi connectivity index (χ0v) is 11.4. The number of alkyl halides is 3. The number of carbonyl (C=O) groups is 1. The molecule has 0 unspecified atom stereocenters. The van der Waals surface area contributed by atoms with Crippen LogP contribution in [0.2, 0.25) is 5.02 Å². The summed E-state index contributed by atoms with van der Waals surface area (Å²) in [5.74, 6) is -0.845. The molecule has 2 aromatic carbocycles. The van der Waals surface area contributed by atoms with Crippen molar-refractivity contribution in [2.45, 2.75) is 12.8 Å². The zero-order valence-electron chi connectivity index (χ0n) is 10.7. The molecule has 2 nitrogen and oxygen atoms in total. The smallest absolute Gasteiger partial charge is 0.406 e. The van der Waals surface area contributed by atoms with Crippen LogP contribution in [0.15, 0.2) is 48.5 Å². The molecular weight excluding hydrogens is 305 g/mol. The van der Waals surface area contributed by atoms with Gasteiger partial charge in [0.05, 0.1) is 5.02 Å². The SMILES string of the molecule is O=C(Cc1ccccc1)c1cc(OC(F)(F)F)ccc1Cl. The van der Waals surface area contributed by atoms with E-state index < -0.39 is 12.1 Å². The first-order valence-corrected chi connectivity index (χ1v) is 6.35. The molecule has 0 aromatic heterocycles. The van der Waals surface area contributed by atoms with Crippen LogP contribution >= 0.6 is 11.6 Å². The number of rotatable bonds is 4. The van der Waals surface area contributed by atoms with Gasteiger partial charge in [0, 0.05) is 12.0 Å². The van der Waals surface area contributed by atoms with Crippen molar-refractivity contribution >= 4 is 17.4 Å². The summed E-state index contributed by atoms with van der Waals surface area (Å²) in [7, 11) is 0. The van der Waals surface area contributed by atoms with Gasteiger partial charge in [-0.1, -0.05) is 41.9 Å². The monoisotopic (exact) mass is 314 g/mol. The van der Waals surface area contributed by atoms with E-state index in [0.717, 1.165) is 17.7 Å². The number of carbonyl (C=O) groups excluding carboxylic acids is 1. The highest BCUT2D eigenvalue weighted by Gasteiger charge is 2.31. The molecule has 0 fully saturated rings. The van der Waals surface area contributed by atoms with E-state index in [1.807, 2.05) is 0 Å². The second kappa shape index (κ2) is 6.18. The van der Waals surface area contributed by atoms with Gasteiger partial charge < -0.3 is 4.74 Å². The van der Waals surface area contributed by atoms with Crippen molar-refractivity contribution in [1.82, 2.24) is 0 Å². The number of hydrogen-bond acceptors (Lipinski definition) is 2. The molecule has 110 valence electrons. The Kier molecular flexibility index (Phi) is 4.53. The molecule has 21 heavy (non-hydrogen) atoms. The normalized spacial score (nSPS) is 11.2. The minimum absolute atomic E-state index is 0.00210. The Hall–Kier alpha value is -2.01. The van der Waals surface area contributed by atoms with E-state index in [9.17, 15) is 18.0 Å². The Morgan fingerprint density at radius 3 is 2.38 bits per heavy atom. The lowest BCUT2D eigenvalue weighted by Crippen LogP contribution is -2.17. The predicted molar refractivity (Wildman–Crippen MR) is 72.6 cm³/mol. The highest BCUT2D eigenvalue weighted by atomic mass is 35.5. The van der Waals surface area contributed by atoms with Gasteiger partial charge in [0.1, 0.15) is 5.75 Å². The van der Waals surface area contributed by atoms with Crippen molar-refractivity contribution < 1.29 is 22.7 Å². The van der Waals surface area contributed by atoms with Gasteiger partial charge in [0.2, 0.25) is 0 Å². The molecule has 0 saturated heterocycles. The van der Waals surface area contributed by atoms with Crippen molar-refractivity contribution in [2.24, 2.45) is 0 Å². The fourth-order valence-electron chi connectivity index (χ4n) is 1.79. The van der Waals surface area contributed by atoms with Gasteiger partial charge in [0.15, 0.2) is 5.78 Å². The van der Waals surface area contributed by atoms with E-state index in [-0.39, 0.29) is 22.8 Å². The molecule has 0 N–H and O–H groups in total. The van der Waals surface area contributed by atoms with Gasteiger partial charge in [-0.3, -0.25) is 4.79 Å². The summed E-state index contributed by atoms with van der Waals surface area (Å²) in [6.45, 7) is 0. The van der Waals surface area contributed by atoms with Crippen LogP contribution in [-0.2, 0) is 6.42 Å². The van der Waals surface area contributed by atoms with Crippen molar-refractivity contribution in [3.63, 3.8) is 0 Å². The molecule has 0 aliphatic heterocycles. The van der Waals surface area contributed by atoms with Crippen LogP contribution in [0.5, 0.6) is 5.75 Å². The first kappa shape index (κ1) is 15.4. The third-order valence-corrected chi connectivity index (χ3v) is 3.01. The molecule has 0 bridgehead atoms. The van der Waals surface area contributed by atoms with E-state index in [4.69, 9.17) is 11.6 Å². The summed E-state index contributed by atoms with van der Waals surface area (Å²) < 4.78 is 40.3. The molecule has 6 heteroatoms. The Balaban J connectivity index is 2.22. The highest BCUT2D eigenvalue weighted by molar-refractivity contribution is 6.34.